The monoisotopic (exact) mass is 371 g/mol. The van der Waals surface area contributed by atoms with Gasteiger partial charge in [0.25, 0.3) is 5.91 Å². The number of halogens is 3. The fraction of sp³-hybridized carbons (Fsp3) is 0.133. The number of aryl methyl sites for hydroxylation is 1. The molecular weight excluding hydrogens is 361 g/mol. The molecule has 110 valence electrons. The summed E-state index contributed by atoms with van der Waals surface area (Å²) in [5.41, 5.74) is 1.65. The number of nitrogens with one attached hydrogen (secondary N) is 1. The van der Waals surface area contributed by atoms with Crippen molar-refractivity contribution in [2.24, 2.45) is 0 Å². The van der Waals surface area contributed by atoms with E-state index in [1.54, 1.807) is 12.1 Å². The second-order valence-corrected chi connectivity index (χ2v) is 5.65. The summed E-state index contributed by atoms with van der Waals surface area (Å²) in [6.45, 7) is 1.83. The van der Waals surface area contributed by atoms with Crippen LogP contribution in [0.4, 0.5) is 10.1 Å². The van der Waals surface area contributed by atoms with Gasteiger partial charge in [0.15, 0.2) is 0 Å². The Balaban J connectivity index is 2.31. The topological polar surface area (TPSA) is 38.3 Å². The van der Waals surface area contributed by atoms with Crippen molar-refractivity contribution >= 4 is 39.1 Å². The first-order valence-corrected chi connectivity index (χ1v) is 7.20. The molecule has 0 bridgehead atoms. The second-order valence-electron chi connectivity index (χ2n) is 4.38. The van der Waals surface area contributed by atoms with Crippen molar-refractivity contribution in [2.75, 3.05) is 12.4 Å². The van der Waals surface area contributed by atoms with Gasteiger partial charge >= 0.3 is 0 Å². The van der Waals surface area contributed by atoms with E-state index < -0.39 is 5.82 Å². The van der Waals surface area contributed by atoms with Crippen LogP contribution in [0.1, 0.15) is 15.9 Å². The largest absolute Gasteiger partial charge is 0.495 e. The van der Waals surface area contributed by atoms with Crippen molar-refractivity contribution in [3.05, 3.63) is 56.8 Å². The number of ether oxygens (including phenoxy) is 1. The molecule has 0 aliphatic rings. The van der Waals surface area contributed by atoms with Crippen molar-refractivity contribution in [1.29, 1.82) is 0 Å². The normalized spacial score (nSPS) is 10.3. The third-order valence-corrected chi connectivity index (χ3v) is 3.93. The van der Waals surface area contributed by atoms with Crippen LogP contribution in [0.3, 0.4) is 0 Å². The van der Waals surface area contributed by atoms with Gasteiger partial charge < -0.3 is 10.1 Å². The maximum absolute atomic E-state index is 13.2. The van der Waals surface area contributed by atoms with Crippen molar-refractivity contribution in [1.82, 2.24) is 0 Å². The molecule has 2 aromatic carbocycles. The van der Waals surface area contributed by atoms with Crippen molar-refractivity contribution in [3.63, 3.8) is 0 Å². The van der Waals surface area contributed by atoms with Gasteiger partial charge in [0, 0.05) is 16.7 Å². The van der Waals surface area contributed by atoms with E-state index in [1.807, 2.05) is 6.92 Å². The molecule has 0 aliphatic heterocycles. The highest BCUT2D eigenvalue weighted by Gasteiger charge is 2.13. The quantitative estimate of drug-likeness (QED) is 0.839. The molecule has 0 unspecified atom stereocenters. The molecule has 0 atom stereocenters. The summed E-state index contributed by atoms with van der Waals surface area (Å²) in [6, 6.07) is 7.40. The van der Waals surface area contributed by atoms with Crippen molar-refractivity contribution < 1.29 is 13.9 Å². The van der Waals surface area contributed by atoms with Crippen molar-refractivity contribution in [2.45, 2.75) is 6.92 Å². The molecule has 0 aromatic heterocycles. The lowest BCUT2D eigenvalue weighted by Gasteiger charge is -2.12. The lowest BCUT2D eigenvalue weighted by Crippen LogP contribution is -2.13. The first-order valence-electron chi connectivity index (χ1n) is 6.03. The van der Waals surface area contributed by atoms with Crippen LogP contribution in [0.15, 0.2) is 34.8 Å². The van der Waals surface area contributed by atoms with Crippen LogP contribution in [0.25, 0.3) is 0 Å². The summed E-state index contributed by atoms with van der Waals surface area (Å²) in [7, 11) is 1.49. The standard InChI is InChI=1S/C15H12BrClFNO2/c1-8-5-13(14(21-2)7-11(8)17)19-15(20)9-3-4-12(18)10(16)6-9/h3-7H,1-2H3,(H,19,20). The zero-order valence-corrected chi connectivity index (χ0v) is 13.7. The highest BCUT2D eigenvalue weighted by molar-refractivity contribution is 9.10. The Kier molecular flexibility index (Phi) is 4.85. The van der Waals surface area contributed by atoms with E-state index in [4.69, 9.17) is 16.3 Å². The summed E-state index contributed by atoms with van der Waals surface area (Å²) in [4.78, 5) is 12.2. The smallest absolute Gasteiger partial charge is 0.255 e. The zero-order valence-electron chi connectivity index (χ0n) is 11.3. The number of carbonyl (C=O) groups is 1. The molecule has 21 heavy (non-hydrogen) atoms. The number of hydrogen-bond acceptors (Lipinski definition) is 2. The number of hydrogen-bond donors (Lipinski definition) is 1. The van der Waals surface area contributed by atoms with Gasteiger partial charge in [0.1, 0.15) is 11.6 Å². The summed E-state index contributed by atoms with van der Waals surface area (Å²) in [5, 5.41) is 3.28. The fourth-order valence-corrected chi connectivity index (χ4v) is 2.29. The Bertz CT molecular complexity index is 706. The molecule has 0 fully saturated rings. The number of amides is 1. The van der Waals surface area contributed by atoms with E-state index in [0.717, 1.165) is 5.56 Å². The van der Waals surface area contributed by atoms with Gasteiger partial charge in [-0.15, -0.1) is 0 Å². The predicted molar refractivity (Wildman–Crippen MR) is 84.8 cm³/mol. The molecule has 0 radical (unpaired) electrons. The second kappa shape index (κ2) is 6.45. The maximum Gasteiger partial charge on any atom is 0.255 e. The van der Waals surface area contributed by atoms with Gasteiger partial charge in [-0.25, -0.2) is 4.39 Å². The first kappa shape index (κ1) is 15.8. The Morgan fingerprint density at radius 1 is 1.33 bits per heavy atom. The van der Waals surface area contributed by atoms with Gasteiger partial charge in [-0.1, -0.05) is 11.6 Å². The summed E-state index contributed by atoms with van der Waals surface area (Å²) in [6.07, 6.45) is 0. The molecule has 0 aliphatic carbocycles. The van der Waals surface area contributed by atoms with E-state index in [9.17, 15) is 9.18 Å². The molecule has 3 nitrogen and oxygen atoms in total. The molecule has 2 aromatic rings. The number of anilines is 1. The molecular formula is C15H12BrClFNO2. The van der Waals surface area contributed by atoms with E-state index in [0.29, 0.717) is 22.0 Å². The Labute approximate surface area is 135 Å². The van der Waals surface area contributed by atoms with Crippen LogP contribution in [-0.2, 0) is 0 Å². The number of rotatable bonds is 3. The van der Waals surface area contributed by atoms with Crippen molar-refractivity contribution in [3.8, 4) is 5.75 Å². The Morgan fingerprint density at radius 2 is 2.05 bits per heavy atom. The van der Waals surface area contributed by atoms with Gasteiger partial charge in [0.05, 0.1) is 17.3 Å². The summed E-state index contributed by atoms with van der Waals surface area (Å²) >= 11 is 9.07. The highest BCUT2D eigenvalue weighted by Crippen LogP contribution is 2.31. The van der Waals surface area contributed by atoms with Crippen LogP contribution in [-0.4, -0.2) is 13.0 Å². The van der Waals surface area contributed by atoms with E-state index in [1.165, 1.54) is 25.3 Å². The molecule has 2 rings (SSSR count). The minimum absolute atomic E-state index is 0.231. The molecule has 1 N–H and O–H groups in total. The van der Waals surface area contributed by atoms with Crippen LogP contribution < -0.4 is 10.1 Å². The average Bonchev–Trinajstić information content (AvgIpc) is 2.45. The molecule has 6 heteroatoms. The molecule has 1 amide bonds. The van der Waals surface area contributed by atoms with E-state index in [-0.39, 0.29) is 10.4 Å². The van der Waals surface area contributed by atoms with Crippen LogP contribution in [0, 0.1) is 12.7 Å². The minimum atomic E-state index is -0.425. The van der Waals surface area contributed by atoms with Gasteiger partial charge in [-0.2, -0.15) is 0 Å². The third kappa shape index (κ3) is 3.54. The fourth-order valence-electron chi connectivity index (χ4n) is 1.76. The lowest BCUT2D eigenvalue weighted by molar-refractivity contribution is 0.102. The Morgan fingerprint density at radius 3 is 2.67 bits per heavy atom. The van der Waals surface area contributed by atoms with Crippen LogP contribution in [0.2, 0.25) is 5.02 Å². The molecule has 0 saturated heterocycles. The number of methoxy groups -OCH3 is 1. The number of carbonyl (C=O) groups excluding carboxylic acids is 1. The summed E-state index contributed by atoms with van der Waals surface area (Å²) < 4.78 is 18.6. The van der Waals surface area contributed by atoms with E-state index in [2.05, 4.69) is 21.2 Å². The summed E-state index contributed by atoms with van der Waals surface area (Å²) in [5.74, 6) is -0.331. The zero-order chi connectivity index (χ0) is 15.6. The van der Waals surface area contributed by atoms with Crippen LogP contribution >= 0.6 is 27.5 Å². The SMILES string of the molecule is COc1cc(Cl)c(C)cc1NC(=O)c1ccc(F)c(Br)c1. The Hall–Kier alpha value is -1.59. The van der Waals surface area contributed by atoms with E-state index >= 15 is 0 Å². The third-order valence-electron chi connectivity index (χ3n) is 2.91. The average molecular weight is 373 g/mol. The lowest BCUT2D eigenvalue weighted by atomic mass is 10.1. The van der Waals surface area contributed by atoms with Gasteiger partial charge in [-0.3, -0.25) is 4.79 Å². The first-order chi connectivity index (χ1) is 9.92. The molecule has 0 heterocycles. The highest BCUT2D eigenvalue weighted by atomic mass is 79.9. The number of benzene rings is 2. The van der Waals surface area contributed by atoms with Crippen LogP contribution in [0.5, 0.6) is 5.75 Å². The minimum Gasteiger partial charge on any atom is -0.495 e. The van der Waals surface area contributed by atoms with Gasteiger partial charge in [0.2, 0.25) is 0 Å². The molecule has 0 saturated carbocycles. The predicted octanol–water partition coefficient (Wildman–Crippen LogP) is 4.81. The van der Waals surface area contributed by atoms with Gasteiger partial charge in [-0.05, 0) is 52.7 Å². The maximum atomic E-state index is 13.2. The molecule has 0 spiro atoms.